The van der Waals surface area contributed by atoms with E-state index in [1.165, 1.54) is 0 Å². The van der Waals surface area contributed by atoms with Crippen LogP contribution in [0.25, 0.3) is 10.4 Å². The highest BCUT2D eigenvalue weighted by Gasteiger charge is 2.07. The van der Waals surface area contributed by atoms with E-state index in [1.807, 2.05) is 12.1 Å². The minimum atomic E-state index is -0.287. The first-order chi connectivity index (χ1) is 8.20. The van der Waals surface area contributed by atoms with E-state index in [9.17, 15) is 4.79 Å². The number of thiazole rings is 1. The fourth-order valence-corrected chi connectivity index (χ4v) is 2.64. The number of carbonyl (C=O) groups excluding carboxylic acids is 1. The molecule has 1 aromatic heterocycles. The molecule has 0 aliphatic heterocycles. The number of hydrogen-bond donors (Lipinski definition) is 0. The largest absolute Gasteiger partial charge is 0.462 e. The van der Waals surface area contributed by atoms with Gasteiger partial charge in [0, 0.05) is 6.20 Å². The normalized spacial score (nSPS) is 10.2. The first-order valence-corrected chi connectivity index (χ1v) is 6.70. The third kappa shape index (κ3) is 2.92. The van der Waals surface area contributed by atoms with Gasteiger partial charge in [-0.25, -0.2) is 9.78 Å². The van der Waals surface area contributed by atoms with Crippen LogP contribution >= 0.6 is 27.3 Å². The van der Waals surface area contributed by atoms with E-state index in [0.717, 1.165) is 14.4 Å². The first kappa shape index (κ1) is 12.3. The summed E-state index contributed by atoms with van der Waals surface area (Å²) in [5, 5.41) is 0. The number of halogens is 1. The van der Waals surface area contributed by atoms with E-state index in [2.05, 4.69) is 20.9 Å². The Bertz CT molecular complexity index is 522. The smallest absolute Gasteiger partial charge is 0.338 e. The molecule has 0 spiro atoms. The van der Waals surface area contributed by atoms with Gasteiger partial charge in [0.1, 0.15) is 0 Å². The van der Waals surface area contributed by atoms with Gasteiger partial charge in [-0.3, -0.25) is 0 Å². The zero-order chi connectivity index (χ0) is 12.3. The van der Waals surface area contributed by atoms with Crippen LogP contribution < -0.4 is 0 Å². The summed E-state index contributed by atoms with van der Waals surface area (Å²) >= 11 is 4.88. The van der Waals surface area contributed by atoms with Gasteiger partial charge in [-0.2, -0.15) is 0 Å². The summed E-state index contributed by atoms with van der Waals surface area (Å²) in [5.41, 5.74) is 1.61. The van der Waals surface area contributed by atoms with Crippen molar-refractivity contribution < 1.29 is 9.53 Å². The van der Waals surface area contributed by atoms with Gasteiger partial charge >= 0.3 is 5.97 Å². The molecule has 0 amide bonds. The molecule has 2 rings (SSSR count). The highest BCUT2D eigenvalue weighted by molar-refractivity contribution is 9.11. The minimum absolute atomic E-state index is 0.287. The van der Waals surface area contributed by atoms with E-state index >= 15 is 0 Å². The third-order valence-electron chi connectivity index (χ3n) is 2.16. The topological polar surface area (TPSA) is 39.2 Å². The van der Waals surface area contributed by atoms with Crippen molar-refractivity contribution in [2.75, 3.05) is 6.61 Å². The Kier molecular flexibility index (Phi) is 3.91. The molecule has 0 radical (unpaired) electrons. The zero-order valence-corrected chi connectivity index (χ0v) is 11.5. The number of aromatic nitrogens is 1. The average Bonchev–Trinajstić information content (AvgIpc) is 2.76. The van der Waals surface area contributed by atoms with Crippen molar-refractivity contribution in [3.8, 4) is 10.4 Å². The van der Waals surface area contributed by atoms with Gasteiger partial charge in [-0.05, 0) is 40.5 Å². The second kappa shape index (κ2) is 5.42. The van der Waals surface area contributed by atoms with E-state index < -0.39 is 0 Å². The lowest BCUT2D eigenvalue weighted by Crippen LogP contribution is -2.03. The molecular formula is C12H10BrNO2S. The summed E-state index contributed by atoms with van der Waals surface area (Å²) in [6, 6.07) is 7.32. The van der Waals surface area contributed by atoms with Crippen LogP contribution in [0.2, 0.25) is 0 Å². The Labute approximate surface area is 112 Å². The van der Waals surface area contributed by atoms with Crippen molar-refractivity contribution in [1.82, 2.24) is 4.98 Å². The van der Waals surface area contributed by atoms with Gasteiger partial charge in [0.15, 0.2) is 3.92 Å². The fraction of sp³-hybridized carbons (Fsp3) is 0.167. The second-order valence-electron chi connectivity index (χ2n) is 3.28. The summed E-state index contributed by atoms with van der Waals surface area (Å²) in [7, 11) is 0. The SMILES string of the molecule is CCOC(=O)c1ccc(-c2cnc(Br)s2)cc1. The molecular weight excluding hydrogens is 302 g/mol. The van der Waals surface area contributed by atoms with Crippen LogP contribution in [0.3, 0.4) is 0 Å². The van der Waals surface area contributed by atoms with Crippen molar-refractivity contribution in [2.45, 2.75) is 6.92 Å². The highest BCUT2D eigenvalue weighted by Crippen LogP contribution is 2.28. The molecule has 0 saturated heterocycles. The molecule has 88 valence electrons. The molecule has 17 heavy (non-hydrogen) atoms. The standard InChI is InChI=1S/C12H10BrNO2S/c1-2-16-11(15)9-5-3-8(4-6-9)10-7-14-12(13)17-10/h3-7H,2H2,1H3. The van der Waals surface area contributed by atoms with Gasteiger partial charge in [0.25, 0.3) is 0 Å². The summed E-state index contributed by atoms with van der Waals surface area (Å²) in [6.45, 7) is 2.18. The van der Waals surface area contributed by atoms with Gasteiger partial charge < -0.3 is 4.74 Å². The Balaban J connectivity index is 2.21. The summed E-state index contributed by atoms with van der Waals surface area (Å²) in [5.74, 6) is -0.287. The van der Waals surface area contributed by atoms with Crippen molar-refractivity contribution >= 4 is 33.2 Å². The number of carbonyl (C=O) groups is 1. The van der Waals surface area contributed by atoms with Gasteiger partial charge in [0.05, 0.1) is 17.0 Å². The number of rotatable bonds is 3. The molecule has 0 aliphatic rings. The monoisotopic (exact) mass is 311 g/mol. The number of ether oxygens (including phenoxy) is 1. The molecule has 0 saturated carbocycles. The quantitative estimate of drug-likeness (QED) is 0.810. The van der Waals surface area contributed by atoms with Gasteiger partial charge in [-0.15, -0.1) is 11.3 Å². The number of esters is 1. The molecule has 0 fully saturated rings. The van der Waals surface area contributed by atoms with Crippen molar-refractivity contribution in [2.24, 2.45) is 0 Å². The van der Waals surface area contributed by atoms with Crippen molar-refractivity contribution in [3.63, 3.8) is 0 Å². The van der Waals surface area contributed by atoms with Crippen LogP contribution in [0.15, 0.2) is 34.4 Å². The average molecular weight is 312 g/mol. The van der Waals surface area contributed by atoms with Gasteiger partial charge in [-0.1, -0.05) is 12.1 Å². The molecule has 0 aliphatic carbocycles. The maximum Gasteiger partial charge on any atom is 0.338 e. The Morgan fingerprint density at radius 2 is 2.12 bits per heavy atom. The maximum atomic E-state index is 11.5. The predicted octanol–water partition coefficient (Wildman–Crippen LogP) is 3.75. The van der Waals surface area contributed by atoms with Crippen molar-refractivity contribution in [3.05, 3.63) is 39.9 Å². The van der Waals surface area contributed by atoms with Crippen LogP contribution in [0.1, 0.15) is 17.3 Å². The number of hydrogen-bond acceptors (Lipinski definition) is 4. The Morgan fingerprint density at radius 3 is 2.65 bits per heavy atom. The molecule has 1 heterocycles. The third-order valence-corrected chi connectivity index (χ3v) is 3.68. The molecule has 0 N–H and O–H groups in total. The van der Waals surface area contributed by atoms with Crippen LogP contribution in [0, 0.1) is 0 Å². The lowest BCUT2D eigenvalue weighted by atomic mass is 10.1. The summed E-state index contributed by atoms with van der Waals surface area (Å²) < 4.78 is 5.77. The zero-order valence-electron chi connectivity index (χ0n) is 9.14. The van der Waals surface area contributed by atoms with Crippen LogP contribution in [-0.2, 0) is 4.74 Å². The molecule has 0 unspecified atom stereocenters. The molecule has 0 bridgehead atoms. The molecule has 5 heteroatoms. The first-order valence-electron chi connectivity index (χ1n) is 5.09. The van der Waals surface area contributed by atoms with Crippen LogP contribution in [0.4, 0.5) is 0 Å². The van der Waals surface area contributed by atoms with Crippen LogP contribution in [-0.4, -0.2) is 17.6 Å². The second-order valence-corrected chi connectivity index (χ2v) is 5.58. The molecule has 1 aromatic carbocycles. The molecule has 0 atom stereocenters. The number of benzene rings is 1. The molecule has 2 aromatic rings. The molecule has 3 nitrogen and oxygen atoms in total. The lowest BCUT2D eigenvalue weighted by Gasteiger charge is -2.02. The van der Waals surface area contributed by atoms with E-state index in [-0.39, 0.29) is 5.97 Å². The van der Waals surface area contributed by atoms with E-state index in [0.29, 0.717) is 12.2 Å². The number of nitrogens with zero attached hydrogens (tertiary/aromatic N) is 1. The summed E-state index contributed by atoms with van der Waals surface area (Å²) in [4.78, 5) is 16.6. The minimum Gasteiger partial charge on any atom is -0.462 e. The summed E-state index contributed by atoms with van der Waals surface area (Å²) in [6.07, 6.45) is 1.80. The fourth-order valence-electron chi connectivity index (χ4n) is 1.37. The Hall–Kier alpha value is -1.20. The van der Waals surface area contributed by atoms with Crippen LogP contribution in [0.5, 0.6) is 0 Å². The van der Waals surface area contributed by atoms with Crippen molar-refractivity contribution in [1.29, 1.82) is 0 Å². The van der Waals surface area contributed by atoms with Gasteiger partial charge in [0.2, 0.25) is 0 Å². The lowest BCUT2D eigenvalue weighted by molar-refractivity contribution is 0.0526. The highest BCUT2D eigenvalue weighted by atomic mass is 79.9. The van der Waals surface area contributed by atoms with E-state index in [1.54, 1.807) is 36.6 Å². The maximum absolute atomic E-state index is 11.5. The predicted molar refractivity (Wildman–Crippen MR) is 71.2 cm³/mol. The Morgan fingerprint density at radius 1 is 1.41 bits per heavy atom. The van der Waals surface area contributed by atoms with E-state index in [4.69, 9.17) is 4.74 Å².